The molecule has 0 saturated carbocycles. The number of thiophene rings is 2. The number of aliphatic hydroxyl groups is 1. The zero-order valence-corrected chi connectivity index (χ0v) is 15.6. The Bertz CT molecular complexity index is 796. The van der Waals surface area contributed by atoms with Gasteiger partial charge >= 0.3 is 0 Å². The van der Waals surface area contributed by atoms with E-state index in [0.29, 0.717) is 0 Å². The minimum absolute atomic E-state index is 0.0391. The molecule has 2 unspecified atom stereocenters. The number of amides is 1. The van der Waals surface area contributed by atoms with E-state index >= 15 is 0 Å². The smallest absolute Gasteiger partial charge is 0.227 e. The van der Waals surface area contributed by atoms with Crippen molar-refractivity contribution in [3.8, 4) is 9.75 Å². The number of hydrogen-bond donors (Lipinski definition) is 2. The van der Waals surface area contributed by atoms with Gasteiger partial charge in [-0.1, -0.05) is 43.3 Å². The fourth-order valence-corrected chi connectivity index (χ4v) is 4.59. The third-order valence-electron chi connectivity index (χ3n) is 4.12. The predicted molar refractivity (Wildman–Crippen MR) is 105 cm³/mol. The zero-order chi connectivity index (χ0) is 17.6. The number of carbonyl (C=O) groups is 1. The summed E-state index contributed by atoms with van der Waals surface area (Å²) < 4.78 is 0. The van der Waals surface area contributed by atoms with Crippen molar-refractivity contribution in [1.82, 2.24) is 5.32 Å². The quantitative estimate of drug-likeness (QED) is 0.625. The van der Waals surface area contributed by atoms with Crippen LogP contribution in [0, 0.1) is 0 Å². The standard InChI is InChI=1S/C20H21NO2S2/c1-2-15(14-7-4-3-5-8-14)20(23)21-13-16(22)17-10-11-19(25-17)18-9-6-12-24-18/h3-12,15-16,22H,2,13H2,1H3,(H,21,23). The Morgan fingerprint density at radius 1 is 1.08 bits per heavy atom. The lowest BCUT2D eigenvalue weighted by atomic mass is 9.95. The van der Waals surface area contributed by atoms with Crippen molar-refractivity contribution < 1.29 is 9.90 Å². The highest BCUT2D eigenvalue weighted by molar-refractivity contribution is 7.21. The van der Waals surface area contributed by atoms with Gasteiger partial charge in [-0.15, -0.1) is 22.7 Å². The van der Waals surface area contributed by atoms with Crippen LogP contribution >= 0.6 is 22.7 Å². The van der Waals surface area contributed by atoms with Gasteiger partial charge in [0.15, 0.2) is 0 Å². The summed E-state index contributed by atoms with van der Waals surface area (Å²) in [4.78, 5) is 15.7. The van der Waals surface area contributed by atoms with Crippen LogP contribution in [0.15, 0.2) is 60.0 Å². The van der Waals surface area contributed by atoms with Gasteiger partial charge < -0.3 is 10.4 Å². The lowest BCUT2D eigenvalue weighted by Crippen LogP contribution is -2.32. The van der Waals surface area contributed by atoms with Crippen LogP contribution in [0.25, 0.3) is 9.75 Å². The van der Waals surface area contributed by atoms with Crippen molar-refractivity contribution in [1.29, 1.82) is 0 Å². The molecular weight excluding hydrogens is 350 g/mol. The molecule has 0 aliphatic carbocycles. The molecule has 0 fully saturated rings. The van der Waals surface area contributed by atoms with Crippen LogP contribution in [-0.2, 0) is 4.79 Å². The summed E-state index contributed by atoms with van der Waals surface area (Å²) in [6.45, 7) is 2.23. The number of benzene rings is 1. The van der Waals surface area contributed by atoms with Crippen LogP contribution in [-0.4, -0.2) is 17.6 Å². The van der Waals surface area contributed by atoms with E-state index in [1.807, 2.05) is 60.8 Å². The topological polar surface area (TPSA) is 49.3 Å². The van der Waals surface area contributed by atoms with Crippen molar-refractivity contribution >= 4 is 28.6 Å². The summed E-state index contributed by atoms with van der Waals surface area (Å²) in [7, 11) is 0. The van der Waals surface area contributed by atoms with Crippen LogP contribution in [0.4, 0.5) is 0 Å². The number of nitrogens with one attached hydrogen (secondary N) is 1. The molecule has 0 spiro atoms. The normalized spacial score (nSPS) is 13.4. The highest BCUT2D eigenvalue weighted by atomic mass is 32.1. The van der Waals surface area contributed by atoms with Gasteiger partial charge in [0.05, 0.1) is 5.92 Å². The highest BCUT2D eigenvalue weighted by Crippen LogP contribution is 2.33. The molecule has 0 aliphatic rings. The van der Waals surface area contributed by atoms with Gasteiger partial charge in [0, 0.05) is 21.2 Å². The van der Waals surface area contributed by atoms with Crippen molar-refractivity contribution in [2.45, 2.75) is 25.4 Å². The first kappa shape index (κ1) is 17.9. The van der Waals surface area contributed by atoms with Gasteiger partial charge in [0.2, 0.25) is 5.91 Å². The second kappa shape index (κ2) is 8.43. The molecule has 3 aromatic rings. The average Bonchev–Trinajstić information content (AvgIpc) is 3.32. The van der Waals surface area contributed by atoms with E-state index < -0.39 is 6.10 Å². The fraction of sp³-hybridized carbons (Fsp3) is 0.250. The molecule has 2 aromatic heterocycles. The van der Waals surface area contributed by atoms with E-state index in [-0.39, 0.29) is 18.4 Å². The monoisotopic (exact) mass is 371 g/mol. The Balaban J connectivity index is 1.60. The van der Waals surface area contributed by atoms with Gasteiger partial charge in [0.1, 0.15) is 6.10 Å². The van der Waals surface area contributed by atoms with E-state index in [1.165, 1.54) is 4.88 Å². The van der Waals surface area contributed by atoms with E-state index in [0.717, 1.165) is 21.7 Å². The third kappa shape index (κ3) is 4.37. The zero-order valence-electron chi connectivity index (χ0n) is 14.0. The lowest BCUT2D eigenvalue weighted by molar-refractivity contribution is -0.123. The first-order valence-electron chi connectivity index (χ1n) is 8.33. The second-order valence-corrected chi connectivity index (χ2v) is 7.87. The number of hydrogen-bond acceptors (Lipinski definition) is 4. The molecule has 0 bridgehead atoms. The molecule has 0 aliphatic heterocycles. The summed E-state index contributed by atoms with van der Waals surface area (Å²) in [5, 5.41) is 15.3. The molecule has 25 heavy (non-hydrogen) atoms. The Kier molecular flexibility index (Phi) is 6.02. The molecule has 5 heteroatoms. The number of aliphatic hydroxyl groups excluding tert-OH is 1. The third-order valence-corrected chi connectivity index (χ3v) is 6.37. The lowest BCUT2D eigenvalue weighted by Gasteiger charge is -2.17. The Morgan fingerprint density at radius 2 is 1.88 bits per heavy atom. The summed E-state index contributed by atoms with van der Waals surface area (Å²) >= 11 is 3.25. The Hall–Kier alpha value is -1.95. The molecular formula is C20H21NO2S2. The van der Waals surface area contributed by atoms with Crippen LogP contribution in [0.3, 0.4) is 0 Å². The van der Waals surface area contributed by atoms with E-state index in [9.17, 15) is 9.90 Å². The predicted octanol–water partition coefficient (Wildman–Crippen LogP) is 4.82. The summed E-state index contributed by atoms with van der Waals surface area (Å²) in [5.74, 6) is -0.221. The first-order valence-corrected chi connectivity index (χ1v) is 10.0. The van der Waals surface area contributed by atoms with E-state index in [4.69, 9.17) is 0 Å². The molecule has 2 N–H and O–H groups in total. The molecule has 3 rings (SSSR count). The molecule has 2 heterocycles. The summed E-state index contributed by atoms with van der Waals surface area (Å²) in [6, 6.07) is 17.8. The van der Waals surface area contributed by atoms with Crippen LogP contribution < -0.4 is 5.32 Å². The largest absolute Gasteiger partial charge is 0.386 e. The number of carbonyl (C=O) groups excluding carboxylic acids is 1. The number of rotatable bonds is 7. The van der Waals surface area contributed by atoms with Crippen molar-refractivity contribution in [3.63, 3.8) is 0 Å². The minimum atomic E-state index is -0.684. The fourth-order valence-electron chi connectivity index (χ4n) is 2.76. The van der Waals surface area contributed by atoms with Gasteiger partial charge in [0.25, 0.3) is 0 Å². The maximum absolute atomic E-state index is 12.5. The Labute approximate surface area is 156 Å². The maximum Gasteiger partial charge on any atom is 0.227 e. The molecule has 0 saturated heterocycles. The molecule has 3 nitrogen and oxygen atoms in total. The SMILES string of the molecule is CCC(C(=O)NCC(O)c1ccc(-c2cccs2)s1)c1ccccc1. The van der Waals surface area contributed by atoms with Crippen LogP contribution in [0.1, 0.15) is 35.8 Å². The van der Waals surface area contributed by atoms with Gasteiger partial charge in [-0.05, 0) is 35.6 Å². The molecule has 130 valence electrons. The van der Waals surface area contributed by atoms with Gasteiger partial charge in [-0.3, -0.25) is 4.79 Å². The Morgan fingerprint density at radius 3 is 2.56 bits per heavy atom. The van der Waals surface area contributed by atoms with Crippen LogP contribution in [0.5, 0.6) is 0 Å². The summed E-state index contributed by atoms with van der Waals surface area (Å²) in [5.41, 5.74) is 1.01. The van der Waals surface area contributed by atoms with Crippen LogP contribution in [0.2, 0.25) is 0 Å². The molecule has 0 radical (unpaired) electrons. The van der Waals surface area contributed by atoms with Gasteiger partial charge in [-0.2, -0.15) is 0 Å². The average molecular weight is 372 g/mol. The van der Waals surface area contributed by atoms with E-state index in [1.54, 1.807) is 22.7 Å². The first-order chi connectivity index (χ1) is 12.2. The maximum atomic E-state index is 12.5. The van der Waals surface area contributed by atoms with Crippen molar-refractivity contribution in [3.05, 3.63) is 70.4 Å². The molecule has 2 atom stereocenters. The summed E-state index contributed by atoms with van der Waals surface area (Å²) in [6.07, 6.45) is 0.0453. The van der Waals surface area contributed by atoms with Gasteiger partial charge in [-0.25, -0.2) is 0 Å². The molecule has 1 amide bonds. The second-order valence-electron chi connectivity index (χ2n) is 5.81. The van der Waals surface area contributed by atoms with E-state index in [2.05, 4.69) is 11.4 Å². The van der Waals surface area contributed by atoms with Crippen molar-refractivity contribution in [2.75, 3.05) is 6.54 Å². The molecule has 1 aromatic carbocycles. The highest BCUT2D eigenvalue weighted by Gasteiger charge is 2.20. The minimum Gasteiger partial charge on any atom is -0.386 e. The van der Waals surface area contributed by atoms with Crippen molar-refractivity contribution in [2.24, 2.45) is 0 Å².